The molecule has 0 saturated heterocycles. The molecular formula is C13H16N2O. The monoisotopic (exact) mass is 216 g/mol. The Morgan fingerprint density at radius 3 is 2.69 bits per heavy atom. The molecule has 1 rings (SSSR count). The zero-order valence-corrected chi connectivity index (χ0v) is 9.42. The maximum Gasteiger partial charge on any atom is 0.225 e. The predicted octanol–water partition coefficient (Wildman–Crippen LogP) is 0.827. The van der Waals surface area contributed by atoms with Crippen LogP contribution in [0.25, 0.3) is 0 Å². The first-order chi connectivity index (χ1) is 7.77. The smallest absolute Gasteiger partial charge is 0.225 e. The Labute approximate surface area is 96.0 Å². The van der Waals surface area contributed by atoms with Gasteiger partial charge >= 0.3 is 0 Å². The van der Waals surface area contributed by atoms with E-state index in [-0.39, 0.29) is 5.91 Å². The molecule has 0 aliphatic rings. The summed E-state index contributed by atoms with van der Waals surface area (Å²) in [7, 11) is 0. The summed E-state index contributed by atoms with van der Waals surface area (Å²) >= 11 is 0. The van der Waals surface area contributed by atoms with E-state index in [1.54, 1.807) is 6.92 Å². The van der Waals surface area contributed by atoms with Crippen molar-refractivity contribution in [2.45, 2.75) is 19.9 Å². The molecule has 84 valence electrons. The molecule has 1 amide bonds. The van der Waals surface area contributed by atoms with E-state index in [2.05, 4.69) is 17.2 Å². The third kappa shape index (κ3) is 3.76. The van der Waals surface area contributed by atoms with Crippen molar-refractivity contribution in [2.75, 3.05) is 6.54 Å². The van der Waals surface area contributed by atoms with Crippen molar-refractivity contribution in [1.82, 2.24) is 5.32 Å². The van der Waals surface area contributed by atoms with Crippen LogP contribution < -0.4 is 11.1 Å². The maximum atomic E-state index is 11.5. The first-order valence-corrected chi connectivity index (χ1v) is 5.21. The zero-order chi connectivity index (χ0) is 11.8. The lowest BCUT2D eigenvalue weighted by atomic mass is 10.0. The van der Waals surface area contributed by atoms with E-state index in [4.69, 9.17) is 5.73 Å². The van der Waals surface area contributed by atoms with Gasteiger partial charge in [0.1, 0.15) is 0 Å². The van der Waals surface area contributed by atoms with Crippen LogP contribution in [0.1, 0.15) is 18.1 Å². The molecule has 0 aromatic heterocycles. The van der Waals surface area contributed by atoms with E-state index in [0.717, 1.165) is 11.1 Å². The second kappa shape index (κ2) is 6.65. The summed E-state index contributed by atoms with van der Waals surface area (Å²) < 4.78 is 0. The van der Waals surface area contributed by atoms with E-state index in [9.17, 15) is 4.79 Å². The molecule has 0 spiro atoms. The fraction of sp³-hybridized carbons (Fsp3) is 0.308. The van der Waals surface area contributed by atoms with Gasteiger partial charge in [-0.15, -0.1) is 5.92 Å². The molecule has 0 unspecified atom stereocenters. The van der Waals surface area contributed by atoms with Gasteiger partial charge in [0.15, 0.2) is 0 Å². The molecule has 0 fully saturated rings. The molecule has 0 radical (unpaired) electrons. The van der Waals surface area contributed by atoms with Crippen molar-refractivity contribution < 1.29 is 4.79 Å². The molecular weight excluding hydrogens is 200 g/mol. The normalized spacial score (nSPS) is 9.12. The van der Waals surface area contributed by atoms with Crippen LogP contribution in [0.5, 0.6) is 0 Å². The molecule has 1 aromatic carbocycles. The van der Waals surface area contributed by atoms with Gasteiger partial charge < -0.3 is 11.1 Å². The zero-order valence-electron chi connectivity index (χ0n) is 9.42. The predicted molar refractivity (Wildman–Crippen MR) is 64.5 cm³/mol. The highest BCUT2D eigenvalue weighted by molar-refractivity contribution is 5.79. The molecule has 3 N–H and O–H groups in total. The van der Waals surface area contributed by atoms with Crippen molar-refractivity contribution in [3.63, 3.8) is 0 Å². The highest BCUT2D eigenvalue weighted by Gasteiger charge is 2.05. The van der Waals surface area contributed by atoms with Crippen molar-refractivity contribution in [3.8, 4) is 11.8 Å². The van der Waals surface area contributed by atoms with E-state index in [1.165, 1.54) is 0 Å². The molecule has 3 nitrogen and oxygen atoms in total. The lowest BCUT2D eigenvalue weighted by Gasteiger charge is -2.06. The van der Waals surface area contributed by atoms with Crippen LogP contribution in [-0.2, 0) is 17.8 Å². The number of hydrogen-bond acceptors (Lipinski definition) is 2. The van der Waals surface area contributed by atoms with Crippen LogP contribution in [0.15, 0.2) is 24.3 Å². The SMILES string of the molecule is CC#CCNC(=O)Cc1ccccc1CN. The minimum Gasteiger partial charge on any atom is -0.345 e. The van der Waals surface area contributed by atoms with E-state index >= 15 is 0 Å². The van der Waals surface area contributed by atoms with Gasteiger partial charge in [-0.3, -0.25) is 4.79 Å². The molecule has 0 bridgehead atoms. The average Bonchev–Trinajstić information content (AvgIpc) is 2.30. The van der Waals surface area contributed by atoms with Crippen LogP contribution in [0, 0.1) is 11.8 Å². The lowest BCUT2D eigenvalue weighted by molar-refractivity contribution is -0.120. The van der Waals surface area contributed by atoms with Crippen molar-refractivity contribution in [2.24, 2.45) is 5.73 Å². The quantitative estimate of drug-likeness (QED) is 0.732. The van der Waals surface area contributed by atoms with Crippen LogP contribution in [0.3, 0.4) is 0 Å². The second-order valence-corrected chi connectivity index (χ2v) is 3.35. The second-order valence-electron chi connectivity index (χ2n) is 3.35. The Kier molecular flexibility index (Phi) is 5.10. The van der Waals surface area contributed by atoms with Crippen molar-refractivity contribution in [1.29, 1.82) is 0 Å². The summed E-state index contributed by atoms with van der Waals surface area (Å²) in [5.74, 6) is 5.49. The van der Waals surface area contributed by atoms with Gasteiger partial charge in [0.2, 0.25) is 5.91 Å². The lowest BCUT2D eigenvalue weighted by Crippen LogP contribution is -2.25. The van der Waals surface area contributed by atoms with Gasteiger partial charge in [-0.1, -0.05) is 30.2 Å². The Morgan fingerprint density at radius 2 is 2.06 bits per heavy atom. The third-order valence-corrected chi connectivity index (χ3v) is 2.24. The number of carbonyl (C=O) groups excluding carboxylic acids is 1. The maximum absolute atomic E-state index is 11.5. The number of nitrogens with one attached hydrogen (secondary N) is 1. The highest BCUT2D eigenvalue weighted by atomic mass is 16.1. The van der Waals surface area contributed by atoms with Crippen LogP contribution >= 0.6 is 0 Å². The number of benzene rings is 1. The van der Waals surface area contributed by atoms with E-state index < -0.39 is 0 Å². The minimum atomic E-state index is -0.0244. The summed E-state index contributed by atoms with van der Waals surface area (Å²) in [6, 6.07) is 7.70. The van der Waals surface area contributed by atoms with Gasteiger partial charge in [0, 0.05) is 6.54 Å². The Balaban J connectivity index is 2.57. The molecule has 0 aliphatic carbocycles. The third-order valence-electron chi connectivity index (χ3n) is 2.24. The number of carbonyl (C=O) groups is 1. The summed E-state index contributed by atoms with van der Waals surface area (Å²) in [6.07, 6.45) is 0.360. The Bertz CT molecular complexity index is 415. The van der Waals surface area contributed by atoms with E-state index in [1.807, 2.05) is 24.3 Å². The highest BCUT2D eigenvalue weighted by Crippen LogP contribution is 2.08. The topological polar surface area (TPSA) is 55.1 Å². The average molecular weight is 216 g/mol. The molecule has 0 atom stereocenters. The first-order valence-electron chi connectivity index (χ1n) is 5.21. The summed E-state index contributed by atoms with van der Waals surface area (Å²) in [4.78, 5) is 11.5. The number of amides is 1. The van der Waals surface area contributed by atoms with Gasteiger partial charge in [-0.05, 0) is 18.1 Å². The Morgan fingerprint density at radius 1 is 1.38 bits per heavy atom. The first kappa shape index (κ1) is 12.3. The number of hydrogen-bond donors (Lipinski definition) is 2. The van der Waals surface area contributed by atoms with E-state index in [0.29, 0.717) is 19.5 Å². The van der Waals surface area contributed by atoms with Crippen LogP contribution in [0.2, 0.25) is 0 Å². The van der Waals surface area contributed by atoms with Gasteiger partial charge in [0.05, 0.1) is 13.0 Å². The molecule has 0 saturated carbocycles. The van der Waals surface area contributed by atoms with Gasteiger partial charge in [0.25, 0.3) is 0 Å². The van der Waals surface area contributed by atoms with Gasteiger partial charge in [-0.25, -0.2) is 0 Å². The largest absolute Gasteiger partial charge is 0.345 e. The fourth-order valence-corrected chi connectivity index (χ4v) is 1.40. The standard InChI is InChI=1S/C13H16N2O/c1-2-3-8-15-13(16)9-11-6-4-5-7-12(11)10-14/h4-7H,8-10,14H2,1H3,(H,15,16). The van der Waals surface area contributed by atoms with Crippen LogP contribution in [0.4, 0.5) is 0 Å². The summed E-state index contributed by atoms with van der Waals surface area (Å²) in [6.45, 7) is 2.61. The Hall–Kier alpha value is -1.79. The van der Waals surface area contributed by atoms with Crippen molar-refractivity contribution >= 4 is 5.91 Å². The number of rotatable bonds is 4. The number of nitrogens with two attached hydrogens (primary N) is 1. The molecule has 16 heavy (non-hydrogen) atoms. The fourth-order valence-electron chi connectivity index (χ4n) is 1.40. The molecule has 0 aliphatic heterocycles. The summed E-state index contributed by atoms with van der Waals surface area (Å²) in [5, 5.41) is 2.73. The van der Waals surface area contributed by atoms with Crippen molar-refractivity contribution in [3.05, 3.63) is 35.4 Å². The summed E-state index contributed by atoms with van der Waals surface area (Å²) in [5.41, 5.74) is 7.59. The van der Waals surface area contributed by atoms with Crippen LogP contribution in [-0.4, -0.2) is 12.5 Å². The molecule has 3 heteroatoms. The molecule has 1 aromatic rings. The minimum absolute atomic E-state index is 0.0244. The molecule has 0 heterocycles. The van der Waals surface area contributed by atoms with Gasteiger partial charge in [-0.2, -0.15) is 0 Å².